The number of halogens is 1. The molecule has 10 heavy (non-hydrogen) atoms. The van der Waals surface area contributed by atoms with Crippen molar-refractivity contribution < 1.29 is 13.6 Å². The largest absolute Gasteiger partial charge is 0.331 e. The minimum Gasteiger partial charge on any atom is -0.309 e. The van der Waals surface area contributed by atoms with Crippen molar-refractivity contribution in [1.82, 2.24) is 0 Å². The summed E-state index contributed by atoms with van der Waals surface area (Å²) in [6, 6.07) is -0.0783. The summed E-state index contributed by atoms with van der Waals surface area (Å²) >= 11 is 5.23. The Balaban J connectivity index is 3.83. The van der Waals surface area contributed by atoms with Crippen LogP contribution in [0.4, 0.5) is 0 Å². The summed E-state index contributed by atoms with van der Waals surface area (Å²) in [5.41, 5.74) is 0. The first-order valence-corrected chi connectivity index (χ1v) is 5.39. The topological polar surface area (TPSA) is 35.5 Å². The molecule has 0 bridgehead atoms. The van der Waals surface area contributed by atoms with Crippen molar-refractivity contribution in [3.05, 3.63) is 0 Å². The number of hydrogen-bond donors (Lipinski definition) is 0. The van der Waals surface area contributed by atoms with E-state index < -0.39 is 7.60 Å². The van der Waals surface area contributed by atoms with Gasteiger partial charge in [-0.15, -0.1) is 0 Å². The molecule has 0 saturated heterocycles. The Kier molecular flexibility index (Phi) is 5.36. The average Bonchev–Trinajstić information content (AvgIpc) is 1.89. The molecule has 0 aromatic rings. The van der Waals surface area contributed by atoms with E-state index in [1.165, 1.54) is 0 Å². The maximum absolute atomic E-state index is 11.3. The molecule has 0 saturated carbocycles. The maximum Gasteiger partial charge on any atom is 0.331 e. The zero-order valence-corrected chi connectivity index (χ0v) is 7.82. The van der Waals surface area contributed by atoms with Crippen LogP contribution in [0, 0.1) is 0 Å². The van der Waals surface area contributed by atoms with E-state index in [0.717, 1.165) is 0 Å². The maximum atomic E-state index is 11.3. The smallest absolute Gasteiger partial charge is 0.309 e. The van der Waals surface area contributed by atoms with Crippen LogP contribution in [0.5, 0.6) is 0 Å². The third-order valence-corrected chi connectivity index (χ3v) is 3.17. The van der Waals surface area contributed by atoms with Crippen LogP contribution >= 0.6 is 19.2 Å². The van der Waals surface area contributed by atoms with Crippen LogP contribution in [0.25, 0.3) is 0 Å². The molecule has 3 nitrogen and oxygen atoms in total. The monoisotopic (exact) mass is 186 g/mol. The van der Waals surface area contributed by atoms with Gasteiger partial charge in [-0.25, -0.2) is 0 Å². The lowest BCUT2D eigenvalue weighted by Gasteiger charge is -2.13. The van der Waals surface area contributed by atoms with Gasteiger partial charge in [0.2, 0.25) is 0 Å². The molecule has 0 spiro atoms. The Morgan fingerprint density at radius 2 is 2.00 bits per heavy atom. The molecule has 0 aliphatic heterocycles. The van der Waals surface area contributed by atoms with Crippen LogP contribution < -0.4 is 0 Å². The van der Waals surface area contributed by atoms with Gasteiger partial charge < -0.3 is 4.52 Å². The lowest BCUT2D eigenvalue weighted by Crippen LogP contribution is -1.96. The quantitative estimate of drug-likeness (QED) is 0.489. The van der Waals surface area contributed by atoms with Crippen LogP contribution in [-0.4, -0.2) is 18.8 Å². The fraction of sp³-hybridized carbons (Fsp3) is 1.00. The number of hydrogen-bond acceptors (Lipinski definition) is 3. The van der Waals surface area contributed by atoms with Crippen LogP contribution in [0.2, 0.25) is 0 Å². The van der Waals surface area contributed by atoms with Gasteiger partial charge in [0.05, 0.1) is 6.61 Å². The summed E-state index contributed by atoms with van der Waals surface area (Å²) in [5, 5.41) is 0. The van der Waals surface area contributed by atoms with Crippen molar-refractivity contribution in [2.45, 2.75) is 13.8 Å². The van der Waals surface area contributed by atoms with Crippen molar-refractivity contribution in [2.75, 3.05) is 18.8 Å². The normalized spacial score (nSPS) is 16.7. The minimum absolute atomic E-state index is 0.0783. The summed E-state index contributed by atoms with van der Waals surface area (Å²) in [5.74, 6) is 0. The fourth-order valence-electron chi connectivity index (χ4n) is 0.491. The van der Waals surface area contributed by atoms with E-state index in [2.05, 4.69) is 0 Å². The molecule has 0 aliphatic rings. The van der Waals surface area contributed by atoms with Crippen molar-refractivity contribution in [3.8, 4) is 0 Å². The highest BCUT2D eigenvalue weighted by Crippen LogP contribution is 2.47. The molecule has 0 aromatic heterocycles. The Labute approximate surface area is 66.2 Å². The molecule has 1 unspecified atom stereocenters. The molecule has 62 valence electrons. The minimum atomic E-state index is -2.83. The molecule has 0 aliphatic carbocycles. The molecule has 0 amide bonds. The van der Waals surface area contributed by atoms with Gasteiger partial charge in [-0.3, -0.25) is 9.09 Å². The molecule has 0 N–H and O–H groups in total. The van der Waals surface area contributed by atoms with Crippen LogP contribution in [0.1, 0.15) is 13.8 Å². The summed E-state index contributed by atoms with van der Waals surface area (Å²) in [6.07, 6.45) is 0.369. The highest BCUT2D eigenvalue weighted by molar-refractivity contribution is 7.53. The van der Waals surface area contributed by atoms with Gasteiger partial charge in [-0.1, -0.05) is 18.5 Å². The highest BCUT2D eigenvalue weighted by Gasteiger charge is 2.19. The van der Waals surface area contributed by atoms with Crippen LogP contribution in [0.15, 0.2) is 0 Å². The van der Waals surface area contributed by atoms with Gasteiger partial charge in [0.25, 0.3) is 0 Å². The van der Waals surface area contributed by atoms with Gasteiger partial charge in [-0.05, 0) is 6.92 Å². The SMILES string of the molecule is CCOP(=O)(CC)OCCl. The van der Waals surface area contributed by atoms with Gasteiger partial charge >= 0.3 is 7.60 Å². The molecule has 0 fully saturated rings. The first kappa shape index (κ1) is 10.4. The van der Waals surface area contributed by atoms with E-state index in [4.69, 9.17) is 20.6 Å². The van der Waals surface area contributed by atoms with E-state index in [1.807, 2.05) is 0 Å². The molecule has 1 atom stereocenters. The van der Waals surface area contributed by atoms with Crippen LogP contribution in [-0.2, 0) is 13.6 Å². The lowest BCUT2D eigenvalue weighted by atomic mass is 10.9. The standard InChI is InChI=1S/C5H12ClO3P/c1-3-8-10(7,4-2)9-5-6/h3-5H2,1-2H3. The van der Waals surface area contributed by atoms with Gasteiger partial charge in [0.15, 0.2) is 0 Å². The second kappa shape index (κ2) is 5.14. The fourth-order valence-corrected chi connectivity index (χ4v) is 1.92. The first-order chi connectivity index (χ1) is 4.68. The summed E-state index contributed by atoms with van der Waals surface area (Å²) in [7, 11) is -2.83. The average molecular weight is 187 g/mol. The molecule has 5 heteroatoms. The van der Waals surface area contributed by atoms with E-state index in [1.54, 1.807) is 13.8 Å². The predicted molar refractivity (Wildman–Crippen MR) is 41.6 cm³/mol. The van der Waals surface area contributed by atoms with Crippen LogP contribution in [0.3, 0.4) is 0 Å². The highest BCUT2D eigenvalue weighted by atomic mass is 35.5. The van der Waals surface area contributed by atoms with E-state index >= 15 is 0 Å². The van der Waals surface area contributed by atoms with Crippen molar-refractivity contribution in [3.63, 3.8) is 0 Å². The Bertz CT molecular complexity index is 118. The van der Waals surface area contributed by atoms with Crippen molar-refractivity contribution >= 4 is 19.2 Å². The van der Waals surface area contributed by atoms with Gasteiger partial charge in [-0.2, -0.15) is 0 Å². The predicted octanol–water partition coefficient (Wildman–Crippen LogP) is 2.45. The zero-order chi connectivity index (χ0) is 8.04. The second-order valence-corrected chi connectivity index (χ2v) is 4.17. The lowest BCUT2D eigenvalue weighted by molar-refractivity contribution is 0.237. The Morgan fingerprint density at radius 3 is 2.30 bits per heavy atom. The number of rotatable bonds is 5. The first-order valence-electron chi connectivity index (χ1n) is 3.12. The summed E-state index contributed by atoms with van der Waals surface area (Å²) in [4.78, 5) is 0. The van der Waals surface area contributed by atoms with E-state index in [9.17, 15) is 4.57 Å². The second-order valence-electron chi connectivity index (χ2n) is 1.58. The van der Waals surface area contributed by atoms with E-state index in [-0.39, 0.29) is 6.07 Å². The summed E-state index contributed by atoms with van der Waals surface area (Å²) < 4.78 is 20.8. The van der Waals surface area contributed by atoms with Crippen molar-refractivity contribution in [2.24, 2.45) is 0 Å². The van der Waals surface area contributed by atoms with Gasteiger partial charge in [0.1, 0.15) is 6.07 Å². The molecule has 0 heterocycles. The Morgan fingerprint density at radius 1 is 1.40 bits per heavy atom. The zero-order valence-electron chi connectivity index (χ0n) is 6.17. The molecule has 0 radical (unpaired) electrons. The third-order valence-electron chi connectivity index (χ3n) is 0.959. The molecule has 0 aromatic carbocycles. The molecule has 0 rings (SSSR count). The Hall–Kier alpha value is 0.440. The molecular weight excluding hydrogens is 174 g/mol. The third kappa shape index (κ3) is 3.57. The number of alkyl halides is 1. The van der Waals surface area contributed by atoms with E-state index in [0.29, 0.717) is 12.8 Å². The van der Waals surface area contributed by atoms with Gasteiger partial charge in [0, 0.05) is 6.16 Å². The molecular formula is C5H12ClO3P. The summed E-state index contributed by atoms with van der Waals surface area (Å²) in [6.45, 7) is 3.89. The van der Waals surface area contributed by atoms with Crippen molar-refractivity contribution in [1.29, 1.82) is 0 Å².